The van der Waals surface area contributed by atoms with Crippen molar-refractivity contribution < 1.29 is 0 Å². The van der Waals surface area contributed by atoms with Gasteiger partial charge in [-0.05, 0) is 37.5 Å². The van der Waals surface area contributed by atoms with E-state index >= 15 is 0 Å². The molecule has 0 bridgehead atoms. The smallest absolute Gasteiger partial charge is 0.112 e. The van der Waals surface area contributed by atoms with Gasteiger partial charge in [-0.15, -0.1) is 0 Å². The summed E-state index contributed by atoms with van der Waals surface area (Å²) in [6.07, 6.45) is 0. The van der Waals surface area contributed by atoms with Crippen molar-refractivity contribution in [2.75, 3.05) is 0 Å². The molecule has 1 aromatic carbocycles. The van der Waals surface area contributed by atoms with Gasteiger partial charge in [0.05, 0.1) is 11.0 Å². The molecule has 18 heavy (non-hydrogen) atoms. The largest absolute Gasteiger partial charge is 0.325 e. The normalized spacial score (nSPS) is 12.3. The quantitative estimate of drug-likeness (QED) is 0.753. The summed E-state index contributed by atoms with van der Waals surface area (Å²) in [5, 5.41) is 0. The molecule has 2 aromatic rings. The Kier molecular flexibility index (Phi) is 3.47. The average Bonchev–Trinajstić information content (AvgIpc) is 2.66. The summed E-state index contributed by atoms with van der Waals surface area (Å²) in [7, 11) is 0. The Bertz CT molecular complexity index is 547. The van der Waals surface area contributed by atoms with Gasteiger partial charge in [0.25, 0.3) is 0 Å². The monoisotopic (exact) mass is 244 g/mol. The van der Waals surface area contributed by atoms with Crippen LogP contribution in [0.25, 0.3) is 11.0 Å². The Balaban J connectivity index is 2.68. The molecule has 98 valence electrons. The van der Waals surface area contributed by atoms with Gasteiger partial charge in [-0.25, -0.2) is 4.98 Å². The van der Waals surface area contributed by atoms with Crippen LogP contribution in [-0.4, -0.2) is 9.55 Å². The summed E-state index contributed by atoms with van der Waals surface area (Å²) >= 11 is 0. The summed E-state index contributed by atoms with van der Waals surface area (Å²) in [4.78, 5) is 4.84. The molecule has 0 atom stereocenters. The van der Waals surface area contributed by atoms with E-state index in [9.17, 15) is 0 Å². The fourth-order valence-corrected chi connectivity index (χ4v) is 2.44. The Morgan fingerprint density at radius 3 is 2.11 bits per heavy atom. The molecular weight excluding hydrogens is 220 g/mol. The summed E-state index contributed by atoms with van der Waals surface area (Å²) in [6.45, 7) is 13.3. The maximum absolute atomic E-state index is 4.84. The minimum Gasteiger partial charge on any atom is -0.325 e. The zero-order valence-electron chi connectivity index (χ0n) is 12.4. The molecule has 0 aliphatic carbocycles. The molecule has 0 aliphatic heterocycles. The summed E-state index contributed by atoms with van der Waals surface area (Å²) < 4.78 is 2.37. The fraction of sp³-hybridized carbons (Fsp3) is 0.562. The molecule has 0 spiro atoms. The van der Waals surface area contributed by atoms with Crippen molar-refractivity contribution in [3.05, 3.63) is 29.6 Å². The van der Waals surface area contributed by atoms with E-state index in [1.807, 2.05) is 0 Å². The Morgan fingerprint density at radius 2 is 1.61 bits per heavy atom. The fourth-order valence-electron chi connectivity index (χ4n) is 2.44. The molecule has 0 N–H and O–H groups in total. The number of imidazole rings is 1. The van der Waals surface area contributed by atoms with Gasteiger partial charge in [-0.1, -0.05) is 33.8 Å². The number of aromatic nitrogens is 2. The second-order valence-electron chi connectivity index (χ2n) is 5.99. The van der Waals surface area contributed by atoms with Crippen LogP contribution in [0.4, 0.5) is 0 Å². The number of hydrogen-bond donors (Lipinski definition) is 0. The van der Waals surface area contributed by atoms with E-state index in [1.54, 1.807) is 0 Å². The van der Waals surface area contributed by atoms with Crippen molar-refractivity contribution in [1.29, 1.82) is 0 Å². The van der Waals surface area contributed by atoms with Gasteiger partial charge in [0.2, 0.25) is 0 Å². The van der Waals surface area contributed by atoms with Crippen LogP contribution in [0.3, 0.4) is 0 Å². The molecule has 0 saturated heterocycles. The van der Waals surface area contributed by atoms with Crippen LogP contribution in [0.5, 0.6) is 0 Å². The summed E-state index contributed by atoms with van der Waals surface area (Å²) in [5.74, 6) is 2.21. The van der Waals surface area contributed by atoms with Crippen molar-refractivity contribution >= 4 is 11.0 Å². The molecule has 2 heteroatoms. The standard InChI is InChI=1S/C16H24N2/c1-10(2)13-7-8-15-14(9-13)17-16(11(3)4)18(15)12(5)6/h7-12H,1-6H3. The SMILES string of the molecule is CC(C)c1ccc2c(c1)nc(C(C)C)n2C(C)C. The van der Waals surface area contributed by atoms with E-state index in [4.69, 9.17) is 4.98 Å². The van der Waals surface area contributed by atoms with Crippen LogP contribution < -0.4 is 0 Å². The van der Waals surface area contributed by atoms with E-state index in [0.29, 0.717) is 17.9 Å². The van der Waals surface area contributed by atoms with Crippen LogP contribution in [-0.2, 0) is 0 Å². The number of rotatable bonds is 3. The van der Waals surface area contributed by atoms with Crippen molar-refractivity contribution in [2.24, 2.45) is 0 Å². The van der Waals surface area contributed by atoms with Crippen molar-refractivity contribution in [2.45, 2.75) is 59.4 Å². The Morgan fingerprint density at radius 1 is 0.944 bits per heavy atom. The van der Waals surface area contributed by atoms with E-state index in [2.05, 4.69) is 64.3 Å². The van der Waals surface area contributed by atoms with Gasteiger partial charge >= 0.3 is 0 Å². The number of fused-ring (bicyclic) bond motifs is 1. The predicted molar refractivity (Wildman–Crippen MR) is 78.3 cm³/mol. The zero-order chi connectivity index (χ0) is 13.4. The molecule has 0 aliphatic rings. The van der Waals surface area contributed by atoms with Crippen LogP contribution >= 0.6 is 0 Å². The molecule has 0 fully saturated rings. The second-order valence-corrected chi connectivity index (χ2v) is 5.99. The molecule has 0 radical (unpaired) electrons. The van der Waals surface area contributed by atoms with E-state index in [-0.39, 0.29) is 0 Å². The number of hydrogen-bond acceptors (Lipinski definition) is 1. The van der Waals surface area contributed by atoms with Crippen LogP contribution in [0, 0.1) is 0 Å². The van der Waals surface area contributed by atoms with Gasteiger partial charge in [0, 0.05) is 12.0 Å². The molecule has 0 amide bonds. The predicted octanol–water partition coefficient (Wildman–Crippen LogP) is 4.86. The van der Waals surface area contributed by atoms with Gasteiger partial charge in [-0.3, -0.25) is 0 Å². The van der Waals surface area contributed by atoms with Crippen molar-refractivity contribution in [1.82, 2.24) is 9.55 Å². The van der Waals surface area contributed by atoms with Gasteiger partial charge < -0.3 is 4.57 Å². The van der Waals surface area contributed by atoms with Gasteiger partial charge in [-0.2, -0.15) is 0 Å². The molecule has 0 saturated carbocycles. The molecule has 2 rings (SSSR count). The average molecular weight is 244 g/mol. The maximum Gasteiger partial charge on any atom is 0.112 e. The van der Waals surface area contributed by atoms with Crippen molar-refractivity contribution in [3.63, 3.8) is 0 Å². The van der Waals surface area contributed by atoms with E-state index in [0.717, 1.165) is 5.52 Å². The minimum absolute atomic E-state index is 0.456. The molecule has 0 unspecified atom stereocenters. The lowest BCUT2D eigenvalue weighted by atomic mass is 10.0. The van der Waals surface area contributed by atoms with Crippen molar-refractivity contribution in [3.8, 4) is 0 Å². The molecule has 1 heterocycles. The maximum atomic E-state index is 4.84. The Hall–Kier alpha value is -1.31. The topological polar surface area (TPSA) is 17.8 Å². The first-order valence-electron chi connectivity index (χ1n) is 6.93. The zero-order valence-corrected chi connectivity index (χ0v) is 12.4. The minimum atomic E-state index is 0.456. The van der Waals surface area contributed by atoms with Gasteiger partial charge in [0.1, 0.15) is 5.82 Å². The third kappa shape index (κ3) is 2.16. The Labute approximate surface area is 110 Å². The highest BCUT2D eigenvalue weighted by Crippen LogP contribution is 2.28. The third-order valence-electron chi connectivity index (χ3n) is 3.44. The lowest BCUT2D eigenvalue weighted by molar-refractivity contribution is 0.564. The molecule has 2 nitrogen and oxygen atoms in total. The van der Waals surface area contributed by atoms with Crippen LogP contribution in [0.1, 0.15) is 70.8 Å². The van der Waals surface area contributed by atoms with E-state index < -0.39 is 0 Å². The number of nitrogens with zero attached hydrogens (tertiary/aromatic N) is 2. The highest BCUT2D eigenvalue weighted by molar-refractivity contribution is 5.77. The lowest BCUT2D eigenvalue weighted by Crippen LogP contribution is -2.07. The third-order valence-corrected chi connectivity index (χ3v) is 3.44. The van der Waals surface area contributed by atoms with E-state index in [1.165, 1.54) is 16.9 Å². The molecular formula is C16H24N2. The first-order chi connectivity index (χ1) is 8.41. The summed E-state index contributed by atoms with van der Waals surface area (Å²) in [6, 6.07) is 7.16. The first kappa shape index (κ1) is 13.1. The van der Waals surface area contributed by atoms with Gasteiger partial charge in [0.15, 0.2) is 0 Å². The van der Waals surface area contributed by atoms with Crippen LogP contribution in [0.2, 0.25) is 0 Å². The number of benzene rings is 1. The first-order valence-corrected chi connectivity index (χ1v) is 6.93. The highest BCUT2D eigenvalue weighted by atomic mass is 15.1. The summed E-state index contributed by atoms with van der Waals surface area (Å²) in [5.41, 5.74) is 3.77. The second kappa shape index (κ2) is 4.75. The van der Waals surface area contributed by atoms with Crippen LogP contribution in [0.15, 0.2) is 18.2 Å². The molecule has 1 aromatic heterocycles. The highest BCUT2D eigenvalue weighted by Gasteiger charge is 2.16. The lowest BCUT2D eigenvalue weighted by Gasteiger charge is -2.15.